The monoisotopic (exact) mass is 401 g/mol. The number of halogens is 2. The Hall–Kier alpha value is -0.650. The first kappa shape index (κ1) is 14.8. The van der Waals surface area contributed by atoms with Gasteiger partial charge < -0.3 is 10.5 Å². The molecule has 0 saturated carbocycles. The van der Waals surface area contributed by atoms with E-state index in [0.29, 0.717) is 0 Å². The minimum atomic E-state index is 0.806. The number of thioether (sulfide) groups is 1. The zero-order valence-electron chi connectivity index (χ0n) is 10.3. The fourth-order valence-corrected chi connectivity index (χ4v) is 3.64. The van der Waals surface area contributed by atoms with Crippen LogP contribution < -0.4 is 10.5 Å². The summed E-state index contributed by atoms with van der Waals surface area (Å²) in [5, 5.41) is 0. The Bertz CT molecular complexity index is 590. The van der Waals surface area contributed by atoms with Gasteiger partial charge in [-0.3, -0.25) is 0 Å². The predicted octanol–water partition coefficient (Wildman–Crippen LogP) is 5.09. The molecule has 2 rings (SSSR count). The first-order valence-electron chi connectivity index (χ1n) is 5.60. The first-order chi connectivity index (χ1) is 9.10. The molecule has 0 aliphatic heterocycles. The normalized spacial score (nSPS) is 10.5. The van der Waals surface area contributed by atoms with Crippen LogP contribution in [-0.4, -0.2) is 7.11 Å². The molecule has 0 amide bonds. The summed E-state index contributed by atoms with van der Waals surface area (Å²) in [4.78, 5) is 1.08. The summed E-state index contributed by atoms with van der Waals surface area (Å²) in [5.41, 5.74) is 7.98. The van der Waals surface area contributed by atoms with Crippen molar-refractivity contribution in [2.24, 2.45) is 0 Å². The van der Waals surface area contributed by atoms with Crippen LogP contribution in [0.1, 0.15) is 5.56 Å². The van der Waals surface area contributed by atoms with Crippen molar-refractivity contribution in [1.29, 1.82) is 0 Å². The highest BCUT2D eigenvalue weighted by Gasteiger charge is 2.04. The summed E-state index contributed by atoms with van der Waals surface area (Å²) in [6, 6.07) is 12.0. The minimum absolute atomic E-state index is 0.806. The quantitative estimate of drug-likeness (QED) is 0.571. The molecular weight excluding hydrogens is 390 g/mol. The van der Waals surface area contributed by atoms with Crippen molar-refractivity contribution in [1.82, 2.24) is 0 Å². The number of nitrogens with two attached hydrogens (primary N) is 1. The van der Waals surface area contributed by atoms with Gasteiger partial charge in [0.2, 0.25) is 0 Å². The third-order valence-corrected chi connectivity index (χ3v) is 4.84. The molecule has 2 nitrogen and oxygen atoms in total. The molecule has 2 aromatic rings. The average Bonchev–Trinajstić information content (AvgIpc) is 2.40. The maximum atomic E-state index is 5.96. The van der Waals surface area contributed by atoms with Crippen LogP contribution in [0, 0.1) is 0 Å². The molecule has 0 atom stereocenters. The average molecular weight is 403 g/mol. The first-order valence-corrected chi connectivity index (χ1v) is 8.17. The van der Waals surface area contributed by atoms with Crippen molar-refractivity contribution < 1.29 is 4.74 Å². The van der Waals surface area contributed by atoms with Gasteiger partial charge >= 0.3 is 0 Å². The Morgan fingerprint density at radius 3 is 2.63 bits per heavy atom. The molecule has 2 aromatic carbocycles. The van der Waals surface area contributed by atoms with E-state index in [-0.39, 0.29) is 0 Å². The largest absolute Gasteiger partial charge is 0.496 e. The number of hydrogen-bond donors (Lipinski definition) is 1. The van der Waals surface area contributed by atoms with Crippen LogP contribution in [0.2, 0.25) is 0 Å². The molecular formula is C14H13Br2NOS. The SMILES string of the molecule is COc1ccc(CSc2cc(Br)ccc2N)cc1Br. The Morgan fingerprint density at radius 1 is 1.16 bits per heavy atom. The van der Waals surface area contributed by atoms with Crippen molar-refractivity contribution in [3.05, 3.63) is 50.9 Å². The van der Waals surface area contributed by atoms with Crippen molar-refractivity contribution >= 4 is 49.3 Å². The number of ether oxygens (including phenoxy) is 1. The van der Waals surface area contributed by atoms with Gasteiger partial charge in [0, 0.05) is 20.8 Å². The summed E-state index contributed by atoms with van der Waals surface area (Å²) in [6.45, 7) is 0. The highest BCUT2D eigenvalue weighted by atomic mass is 79.9. The summed E-state index contributed by atoms with van der Waals surface area (Å²) < 4.78 is 7.23. The molecule has 0 aromatic heterocycles. The van der Waals surface area contributed by atoms with Crippen molar-refractivity contribution in [2.45, 2.75) is 10.6 Å². The third-order valence-electron chi connectivity index (χ3n) is 2.59. The van der Waals surface area contributed by atoms with E-state index in [1.54, 1.807) is 18.9 Å². The van der Waals surface area contributed by atoms with Gasteiger partial charge in [0.1, 0.15) is 5.75 Å². The molecule has 0 unspecified atom stereocenters. The fraction of sp³-hybridized carbons (Fsp3) is 0.143. The van der Waals surface area contributed by atoms with E-state index in [4.69, 9.17) is 10.5 Å². The highest BCUT2D eigenvalue weighted by Crippen LogP contribution is 2.32. The Balaban J connectivity index is 2.10. The van der Waals surface area contributed by atoms with Gasteiger partial charge in [-0.1, -0.05) is 22.0 Å². The molecule has 0 aliphatic carbocycles. The van der Waals surface area contributed by atoms with Crippen LogP contribution in [0.5, 0.6) is 5.75 Å². The lowest BCUT2D eigenvalue weighted by molar-refractivity contribution is 0.412. The lowest BCUT2D eigenvalue weighted by Gasteiger charge is -2.08. The lowest BCUT2D eigenvalue weighted by Crippen LogP contribution is -1.90. The van der Waals surface area contributed by atoms with E-state index in [1.165, 1.54) is 5.56 Å². The van der Waals surface area contributed by atoms with E-state index in [9.17, 15) is 0 Å². The van der Waals surface area contributed by atoms with E-state index in [2.05, 4.69) is 44.0 Å². The number of benzene rings is 2. The Labute approximate surface area is 134 Å². The van der Waals surface area contributed by atoms with Gasteiger partial charge in [-0.2, -0.15) is 0 Å². The zero-order valence-corrected chi connectivity index (χ0v) is 14.3. The van der Waals surface area contributed by atoms with Crippen molar-refractivity contribution in [2.75, 3.05) is 12.8 Å². The van der Waals surface area contributed by atoms with Crippen LogP contribution in [-0.2, 0) is 5.75 Å². The fourth-order valence-electron chi connectivity index (χ4n) is 1.59. The topological polar surface area (TPSA) is 35.2 Å². The number of rotatable bonds is 4. The van der Waals surface area contributed by atoms with Crippen molar-refractivity contribution in [3.63, 3.8) is 0 Å². The Kier molecular flexibility index (Phi) is 5.19. The summed E-state index contributed by atoms with van der Waals surface area (Å²) in [6.07, 6.45) is 0. The lowest BCUT2D eigenvalue weighted by atomic mass is 10.2. The van der Waals surface area contributed by atoms with Gasteiger partial charge in [-0.05, 0) is 51.8 Å². The second kappa shape index (κ2) is 6.68. The van der Waals surface area contributed by atoms with Gasteiger partial charge in [0.05, 0.1) is 11.6 Å². The molecule has 0 radical (unpaired) electrons. The summed E-state index contributed by atoms with van der Waals surface area (Å²) in [5.74, 6) is 1.71. The van der Waals surface area contributed by atoms with E-state index in [0.717, 1.165) is 31.0 Å². The van der Waals surface area contributed by atoms with E-state index in [1.807, 2.05) is 24.3 Å². The molecule has 0 bridgehead atoms. The predicted molar refractivity (Wildman–Crippen MR) is 88.8 cm³/mol. The van der Waals surface area contributed by atoms with Crippen LogP contribution in [0.4, 0.5) is 5.69 Å². The molecule has 0 fully saturated rings. The molecule has 2 N–H and O–H groups in total. The van der Waals surface area contributed by atoms with E-state index < -0.39 is 0 Å². The molecule has 0 heterocycles. The standard InChI is InChI=1S/C14H13Br2NOS/c1-18-13-5-2-9(6-11(13)16)8-19-14-7-10(15)3-4-12(14)17/h2-7H,8,17H2,1H3. The van der Waals surface area contributed by atoms with Crippen molar-refractivity contribution in [3.8, 4) is 5.75 Å². The van der Waals surface area contributed by atoms with Gasteiger partial charge in [0.25, 0.3) is 0 Å². The number of anilines is 1. The number of methoxy groups -OCH3 is 1. The van der Waals surface area contributed by atoms with Gasteiger partial charge in [0.15, 0.2) is 0 Å². The molecule has 0 aliphatic rings. The van der Waals surface area contributed by atoms with Crippen LogP contribution in [0.3, 0.4) is 0 Å². The Morgan fingerprint density at radius 2 is 1.95 bits per heavy atom. The molecule has 0 spiro atoms. The van der Waals surface area contributed by atoms with Crippen LogP contribution >= 0.6 is 43.6 Å². The molecule has 100 valence electrons. The molecule has 0 saturated heterocycles. The second-order valence-corrected chi connectivity index (χ2v) is 6.73. The minimum Gasteiger partial charge on any atom is -0.496 e. The summed E-state index contributed by atoms with van der Waals surface area (Å²) in [7, 11) is 1.66. The maximum Gasteiger partial charge on any atom is 0.133 e. The van der Waals surface area contributed by atoms with Gasteiger partial charge in [-0.15, -0.1) is 11.8 Å². The number of nitrogen functional groups attached to an aromatic ring is 1. The third kappa shape index (κ3) is 3.91. The summed E-state index contributed by atoms with van der Waals surface area (Å²) >= 11 is 8.67. The molecule has 5 heteroatoms. The number of hydrogen-bond acceptors (Lipinski definition) is 3. The second-order valence-electron chi connectivity index (χ2n) is 3.94. The maximum absolute atomic E-state index is 5.96. The molecule has 19 heavy (non-hydrogen) atoms. The van der Waals surface area contributed by atoms with Crippen LogP contribution in [0.15, 0.2) is 50.2 Å². The van der Waals surface area contributed by atoms with Crippen LogP contribution in [0.25, 0.3) is 0 Å². The smallest absolute Gasteiger partial charge is 0.133 e. The van der Waals surface area contributed by atoms with E-state index >= 15 is 0 Å². The van der Waals surface area contributed by atoms with Gasteiger partial charge in [-0.25, -0.2) is 0 Å². The zero-order chi connectivity index (χ0) is 13.8. The highest BCUT2D eigenvalue weighted by molar-refractivity contribution is 9.10.